The molecule has 1 aromatic carbocycles. The third kappa shape index (κ3) is 5.83. The molecule has 4 N–H and O–H groups in total. The number of carbonyl (C=O) groups excluding carboxylic acids is 1. The molecule has 0 radical (unpaired) electrons. The average molecular weight is 562 g/mol. The summed E-state index contributed by atoms with van der Waals surface area (Å²) >= 11 is 0. The molecular formula is C29H32FN7O4. The first-order valence-electron chi connectivity index (χ1n) is 13.3. The molecule has 4 aromatic rings. The van der Waals surface area contributed by atoms with Crippen LogP contribution < -0.4 is 15.5 Å². The number of aromatic nitrogens is 3. The van der Waals surface area contributed by atoms with Crippen LogP contribution in [0.25, 0.3) is 16.9 Å². The van der Waals surface area contributed by atoms with Gasteiger partial charge in [0.25, 0.3) is 12.4 Å². The number of imidazole rings is 1. The molecule has 0 saturated carbocycles. The number of anilines is 3. The SMILES string of the molecule is CN(C)Cc1nc(Nc2ccc(-c3cnc4cc(F)ccn34)c3c2C(=O)NC3)ccc1N1CCC[C@@H](O)C1.O=CO. The molecular weight excluding hydrogens is 529 g/mol. The van der Waals surface area contributed by atoms with Crippen LogP contribution >= 0.6 is 0 Å². The highest BCUT2D eigenvalue weighted by Gasteiger charge is 2.28. The number of carbonyl (C=O) groups is 2. The summed E-state index contributed by atoms with van der Waals surface area (Å²) in [5.74, 6) is 0.139. The number of β-amino-alcohol motifs (C(OH)–C–C–N with tert-alkyl or cyclic N) is 1. The van der Waals surface area contributed by atoms with Gasteiger partial charge in [-0.2, -0.15) is 0 Å². The summed E-state index contributed by atoms with van der Waals surface area (Å²) in [4.78, 5) is 34.8. The van der Waals surface area contributed by atoms with E-state index in [0.717, 1.165) is 47.6 Å². The summed E-state index contributed by atoms with van der Waals surface area (Å²) in [5.41, 5.74) is 6.18. The van der Waals surface area contributed by atoms with Gasteiger partial charge >= 0.3 is 0 Å². The molecule has 1 fully saturated rings. The van der Waals surface area contributed by atoms with E-state index in [4.69, 9.17) is 14.9 Å². The second kappa shape index (κ2) is 11.9. The lowest BCUT2D eigenvalue weighted by Crippen LogP contribution is -2.39. The zero-order valence-electron chi connectivity index (χ0n) is 22.8. The van der Waals surface area contributed by atoms with Crippen LogP contribution in [0.5, 0.6) is 0 Å². The Morgan fingerprint density at radius 3 is 2.80 bits per heavy atom. The monoisotopic (exact) mass is 561 g/mol. The van der Waals surface area contributed by atoms with Gasteiger partial charge in [0, 0.05) is 44.0 Å². The number of nitrogens with one attached hydrogen (secondary N) is 2. The Balaban J connectivity index is 0.00000108. The van der Waals surface area contributed by atoms with Crippen molar-refractivity contribution in [2.45, 2.75) is 32.0 Å². The summed E-state index contributed by atoms with van der Waals surface area (Å²) in [7, 11) is 4.00. The van der Waals surface area contributed by atoms with Crippen LogP contribution in [0.15, 0.2) is 48.8 Å². The van der Waals surface area contributed by atoms with E-state index in [1.54, 1.807) is 12.4 Å². The van der Waals surface area contributed by atoms with Gasteiger partial charge in [-0.1, -0.05) is 6.07 Å². The van der Waals surface area contributed by atoms with Gasteiger partial charge in [0.05, 0.1) is 40.6 Å². The highest BCUT2D eigenvalue weighted by molar-refractivity contribution is 6.06. The first-order valence-corrected chi connectivity index (χ1v) is 13.3. The Kier molecular flexibility index (Phi) is 8.13. The van der Waals surface area contributed by atoms with Gasteiger partial charge in [-0.25, -0.2) is 14.4 Å². The van der Waals surface area contributed by atoms with Crippen molar-refractivity contribution in [3.63, 3.8) is 0 Å². The predicted octanol–water partition coefficient (Wildman–Crippen LogP) is 3.25. The third-order valence-electron chi connectivity index (χ3n) is 7.13. The predicted molar refractivity (Wildman–Crippen MR) is 153 cm³/mol. The van der Waals surface area contributed by atoms with Crippen molar-refractivity contribution in [1.82, 2.24) is 24.6 Å². The van der Waals surface area contributed by atoms with Crippen molar-refractivity contribution in [3.05, 3.63) is 71.4 Å². The van der Waals surface area contributed by atoms with Crippen LogP contribution in [0.3, 0.4) is 0 Å². The van der Waals surface area contributed by atoms with Crippen molar-refractivity contribution in [2.24, 2.45) is 0 Å². The van der Waals surface area contributed by atoms with Gasteiger partial charge in [-0.3, -0.25) is 14.0 Å². The maximum Gasteiger partial charge on any atom is 0.290 e. The summed E-state index contributed by atoms with van der Waals surface area (Å²) in [6.45, 7) is 2.27. The Labute approximate surface area is 236 Å². The molecule has 0 aliphatic carbocycles. The van der Waals surface area contributed by atoms with Crippen LogP contribution in [0.4, 0.5) is 21.6 Å². The lowest BCUT2D eigenvalue weighted by molar-refractivity contribution is -0.122. The zero-order valence-corrected chi connectivity index (χ0v) is 22.8. The first-order chi connectivity index (χ1) is 19.8. The van der Waals surface area contributed by atoms with E-state index in [-0.39, 0.29) is 24.3 Å². The molecule has 3 aromatic heterocycles. The molecule has 6 rings (SSSR count). The zero-order chi connectivity index (χ0) is 29.1. The molecule has 0 bridgehead atoms. The normalized spacial score (nSPS) is 16.3. The van der Waals surface area contributed by atoms with Gasteiger partial charge in [0.15, 0.2) is 0 Å². The number of rotatable bonds is 6. The standard InChI is InChI=1S/C28H30FN7O2.CH2O2/c1-34(2)16-22-23(35-10-3-4-18(37)15-35)7-8-25(33-22)32-21-6-5-19(20-13-31-28(38)27(20)21)24-14-30-26-12-17(29)9-11-36(24)26;2-1-3/h5-9,11-12,14,18,37H,3-4,10,13,15-16H2,1-2H3,(H,31,38)(H,32,33);1H,(H,2,3)/t18-;/m1./s1. The minimum Gasteiger partial charge on any atom is -0.483 e. The van der Waals surface area contributed by atoms with Gasteiger partial charge < -0.3 is 30.6 Å². The van der Waals surface area contributed by atoms with Gasteiger partial charge in [0.1, 0.15) is 17.3 Å². The smallest absolute Gasteiger partial charge is 0.290 e. The molecule has 214 valence electrons. The Morgan fingerprint density at radius 1 is 1.24 bits per heavy atom. The molecule has 12 heteroatoms. The number of hydrogen-bond donors (Lipinski definition) is 4. The molecule has 1 atom stereocenters. The maximum absolute atomic E-state index is 13.7. The van der Waals surface area contributed by atoms with Crippen molar-refractivity contribution in [1.29, 1.82) is 0 Å². The highest BCUT2D eigenvalue weighted by Crippen LogP contribution is 2.36. The van der Waals surface area contributed by atoms with E-state index in [1.807, 2.05) is 42.8 Å². The number of aliphatic hydroxyl groups excluding tert-OH is 1. The number of benzene rings is 1. The minimum absolute atomic E-state index is 0.156. The average Bonchev–Trinajstić information content (AvgIpc) is 3.53. The first kappa shape index (κ1) is 28.0. The van der Waals surface area contributed by atoms with Crippen LogP contribution in [0, 0.1) is 5.82 Å². The number of pyridine rings is 2. The molecule has 0 unspecified atom stereocenters. The van der Waals surface area contributed by atoms with Crippen LogP contribution in [-0.4, -0.2) is 75.1 Å². The Bertz CT molecular complexity index is 1590. The largest absolute Gasteiger partial charge is 0.483 e. The fraction of sp³-hybridized carbons (Fsp3) is 0.310. The maximum atomic E-state index is 13.7. The Morgan fingerprint density at radius 2 is 2.05 bits per heavy atom. The van der Waals surface area contributed by atoms with E-state index in [1.165, 1.54) is 12.1 Å². The lowest BCUT2D eigenvalue weighted by Gasteiger charge is -2.33. The number of hydrogen-bond acceptors (Lipinski definition) is 8. The molecule has 2 aliphatic rings. The number of piperidine rings is 1. The quantitative estimate of drug-likeness (QED) is 0.262. The van der Waals surface area contributed by atoms with Gasteiger partial charge in [-0.05, 0) is 56.8 Å². The van der Waals surface area contributed by atoms with Crippen molar-refractivity contribution in [2.75, 3.05) is 37.4 Å². The molecule has 1 amide bonds. The van der Waals surface area contributed by atoms with Crippen LogP contribution in [0.2, 0.25) is 0 Å². The molecule has 1 saturated heterocycles. The van der Waals surface area contributed by atoms with Gasteiger partial charge in [0.2, 0.25) is 0 Å². The second-order valence-electron chi connectivity index (χ2n) is 10.3. The van der Waals surface area contributed by atoms with E-state index in [0.29, 0.717) is 42.4 Å². The summed E-state index contributed by atoms with van der Waals surface area (Å²) in [5, 5.41) is 23.4. The number of halogens is 1. The summed E-state index contributed by atoms with van der Waals surface area (Å²) in [6, 6.07) is 10.6. The van der Waals surface area contributed by atoms with E-state index in [2.05, 4.69) is 25.4 Å². The summed E-state index contributed by atoms with van der Waals surface area (Å²) < 4.78 is 15.5. The third-order valence-corrected chi connectivity index (χ3v) is 7.13. The molecule has 0 spiro atoms. The van der Waals surface area contributed by atoms with E-state index < -0.39 is 0 Å². The highest BCUT2D eigenvalue weighted by atomic mass is 19.1. The second-order valence-corrected chi connectivity index (χ2v) is 10.3. The summed E-state index contributed by atoms with van der Waals surface area (Å²) in [6.07, 6.45) is 4.78. The fourth-order valence-electron chi connectivity index (χ4n) is 5.43. The topological polar surface area (TPSA) is 135 Å². The van der Waals surface area contributed by atoms with E-state index in [9.17, 15) is 14.3 Å². The number of nitrogens with zero attached hydrogens (tertiary/aromatic N) is 5. The fourth-order valence-corrected chi connectivity index (χ4v) is 5.43. The Hall–Kier alpha value is -4.55. The van der Waals surface area contributed by atoms with E-state index >= 15 is 0 Å². The number of fused-ring (bicyclic) bond motifs is 2. The minimum atomic E-state index is -0.347. The molecule has 5 heterocycles. The van der Waals surface area contributed by atoms with Gasteiger partial charge in [-0.15, -0.1) is 0 Å². The number of amides is 1. The lowest BCUT2D eigenvalue weighted by atomic mass is 9.99. The van der Waals surface area contributed by atoms with Crippen LogP contribution in [0.1, 0.15) is 34.5 Å². The van der Waals surface area contributed by atoms with Crippen molar-refractivity contribution >= 4 is 35.2 Å². The van der Waals surface area contributed by atoms with Crippen molar-refractivity contribution < 1.29 is 24.2 Å². The number of carboxylic acid groups (broad SMARTS) is 1. The molecule has 41 heavy (non-hydrogen) atoms. The number of aliphatic hydroxyl groups is 1. The molecule has 11 nitrogen and oxygen atoms in total. The van der Waals surface area contributed by atoms with Crippen LogP contribution in [-0.2, 0) is 17.9 Å². The molecule has 2 aliphatic heterocycles. The van der Waals surface area contributed by atoms with Crippen molar-refractivity contribution in [3.8, 4) is 11.3 Å².